The highest BCUT2D eigenvalue weighted by Gasteiger charge is 2.35. The van der Waals surface area contributed by atoms with Crippen molar-refractivity contribution in [2.75, 3.05) is 11.9 Å². The van der Waals surface area contributed by atoms with E-state index in [9.17, 15) is 8.42 Å². The predicted molar refractivity (Wildman–Crippen MR) is 73.4 cm³/mol. The SMILES string of the molecule is Cc1n[nH]c(C)c1S(=O)(=O)N1CCCCC1CBr. The van der Waals surface area contributed by atoms with Gasteiger partial charge in [-0.05, 0) is 26.7 Å². The second-order valence-corrected chi connectivity index (χ2v) is 7.16. The van der Waals surface area contributed by atoms with Crippen LogP contribution in [0.5, 0.6) is 0 Å². The minimum absolute atomic E-state index is 0.0532. The summed E-state index contributed by atoms with van der Waals surface area (Å²) in [6, 6.07) is 0.0532. The Morgan fingerprint density at radius 3 is 2.72 bits per heavy atom. The topological polar surface area (TPSA) is 66.1 Å². The molecule has 5 nitrogen and oxygen atoms in total. The van der Waals surface area contributed by atoms with Crippen LogP contribution in [0.1, 0.15) is 30.7 Å². The lowest BCUT2D eigenvalue weighted by atomic mass is 10.1. The monoisotopic (exact) mass is 335 g/mol. The van der Waals surface area contributed by atoms with Gasteiger partial charge in [0, 0.05) is 17.9 Å². The fourth-order valence-electron chi connectivity index (χ4n) is 2.48. The molecular formula is C11H18BrN3O2S. The maximum absolute atomic E-state index is 12.7. The second kappa shape index (κ2) is 5.30. The number of aromatic amines is 1. The van der Waals surface area contributed by atoms with Gasteiger partial charge >= 0.3 is 0 Å². The van der Waals surface area contributed by atoms with Gasteiger partial charge in [0.2, 0.25) is 10.0 Å². The van der Waals surface area contributed by atoms with E-state index in [1.807, 2.05) is 0 Å². The molecule has 1 atom stereocenters. The van der Waals surface area contributed by atoms with Crippen molar-refractivity contribution in [1.82, 2.24) is 14.5 Å². The molecule has 1 aromatic rings. The third kappa shape index (κ3) is 2.35. The van der Waals surface area contributed by atoms with Crippen molar-refractivity contribution in [1.29, 1.82) is 0 Å². The summed E-state index contributed by atoms with van der Waals surface area (Å²) >= 11 is 3.41. The lowest BCUT2D eigenvalue weighted by Gasteiger charge is -2.33. The van der Waals surface area contributed by atoms with E-state index in [2.05, 4.69) is 26.1 Å². The first-order valence-corrected chi connectivity index (χ1v) is 8.64. The van der Waals surface area contributed by atoms with Crippen LogP contribution in [0.3, 0.4) is 0 Å². The number of sulfonamides is 1. The largest absolute Gasteiger partial charge is 0.281 e. The number of aromatic nitrogens is 2. The average Bonchev–Trinajstić information content (AvgIpc) is 2.69. The van der Waals surface area contributed by atoms with E-state index in [4.69, 9.17) is 0 Å². The van der Waals surface area contributed by atoms with E-state index in [-0.39, 0.29) is 6.04 Å². The zero-order valence-electron chi connectivity index (χ0n) is 10.6. The molecule has 2 rings (SSSR count). The van der Waals surface area contributed by atoms with Crippen molar-refractivity contribution >= 4 is 26.0 Å². The normalized spacial score (nSPS) is 22.3. The number of hydrogen-bond donors (Lipinski definition) is 1. The van der Waals surface area contributed by atoms with Gasteiger partial charge in [-0.3, -0.25) is 5.10 Å². The molecule has 0 bridgehead atoms. The van der Waals surface area contributed by atoms with Crippen LogP contribution >= 0.6 is 15.9 Å². The van der Waals surface area contributed by atoms with Crippen molar-refractivity contribution in [2.45, 2.75) is 44.0 Å². The maximum atomic E-state index is 12.7. The maximum Gasteiger partial charge on any atom is 0.247 e. The summed E-state index contributed by atoms with van der Waals surface area (Å²) < 4.78 is 27.0. The van der Waals surface area contributed by atoms with Crippen molar-refractivity contribution in [2.24, 2.45) is 0 Å². The van der Waals surface area contributed by atoms with E-state index in [1.54, 1.807) is 18.2 Å². The summed E-state index contributed by atoms with van der Waals surface area (Å²) in [6.45, 7) is 4.08. The fourth-order valence-corrected chi connectivity index (χ4v) is 5.38. The van der Waals surface area contributed by atoms with Gasteiger partial charge in [0.25, 0.3) is 0 Å². The van der Waals surface area contributed by atoms with Crippen LogP contribution in [0.25, 0.3) is 0 Å². The third-order valence-corrected chi connectivity index (χ3v) is 6.34. The number of halogens is 1. The zero-order valence-corrected chi connectivity index (χ0v) is 13.0. The van der Waals surface area contributed by atoms with Gasteiger partial charge in [-0.2, -0.15) is 9.40 Å². The van der Waals surface area contributed by atoms with Gasteiger partial charge in [0.15, 0.2) is 0 Å². The Bertz CT molecular complexity index is 507. The van der Waals surface area contributed by atoms with Crippen LogP contribution in [-0.2, 0) is 10.0 Å². The standard InChI is InChI=1S/C11H18BrN3O2S/c1-8-11(9(2)14-13-8)18(16,17)15-6-4-3-5-10(15)7-12/h10H,3-7H2,1-2H3,(H,13,14). The predicted octanol–water partition coefficient (Wildman–Crippen LogP) is 1.96. The van der Waals surface area contributed by atoms with Gasteiger partial charge in [0.1, 0.15) is 4.90 Å². The van der Waals surface area contributed by atoms with Gasteiger partial charge in [-0.25, -0.2) is 8.42 Å². The molecule has 0 spiro atoms. The van der Waals surface area contributed by atoms with Gasteiger partial charge in [0.05, 0.1) is 11.4 Å². The van der Waals surface area contributed by atoms with E-state index in [0.29, 0.717) is 28.2 Å². The molecule has 1 N–H and O–H groups in total. The Balaban J connectivity index is 2.41. The van der Waals surface area contributed by atoms with E-state index >= 15 is 0 Å². The number of rotatable bonds is 3. The number of nitrogens with zero attached hydrogens (tertiary/aromatic N) is 2. The van der Waals surface area contributed by atoms with Crippen LogP contribution in [-0.4, -0.2) is 40.8 Å². The molecule has 18 heavy (non-hydrogen) atoms. The van der Waals surface area contributed by atoms with Crippen LogP contribution in [0.2, 0.25) is 0 Å². The van der Waals surface area contributed by atoms with E-state index in [0.717, 1.165) is 19.3 Å². The zero-order chi connectivity index (χ0) is 13.3. The molecule has 102 valence electrons. The lowest BCUT2D eigenvalue weighted by Crippen LogP contribution is -2.44. The van der Waals surface area contributed by atoms with Crippen molar-refractivity contribution < 1.29 is 8.42 Å². The quantitative estimate of drug-likeness (QED) is 0.858. The highest BCUT2D eigenvalue weighted by molar-refractivity contribution is 9.09. The summed E-state index contributed by atoms with van der Waals surface area (Å²) in [4.78, 5) is 0.343. The minimum Gasteiger partial charge on any atom is -0.281 e. The Morgan fingerprint density at radius 1 is 1.44 bits per heavy atom. The highest BCUT2D eigenvalue weighted by Crippen LogP contribution is 2.28. The first-order valence-electron chi connectivity index (χ1n) is 6.08. The Kier molecular flexibility index (Phi) is 4.13. The Labute approximate surface area is 116 Å². The Hall–Kier alpha value is -0.400. The van der Waals surface area contributed by atoms with Crippen LogP contribution < -0.4 is 0 Å². The summed E-state index contributed by atoms with van der Waals surface area (Å²) in [5.41, 5.74) is 1.16. The summed E-state index contributed by atoms with van der Waals surface area (Å²) in [5, 5.41) is 7.42. The van der Waals surface area contributed by atoms with Crippen LogP contribution in [0.15, 0.2) is 4.90 Å². The molecule has 0 aliphatic carbocycles. The molecule has 1 aliphatic heterocycles. The molecule has 1 fully saturated rings. The van der Waals surface area contributed by atoms with E-state index in [1.165, 1.54) is 0 Å². The molecule has 0 radical (unpaired) electrons. The van der Waals surface area contributed by atoms with Crippen molar-refractivity contribution in [3.63, 3.8) is 0 Å². The number of nitrogens with one attached hydrogen (secondary N) is 1. The minimum atomic E-state index is -3.43. The molecule has 0 amide bonds. The molecular weight excluding hydrogens is 318 g/mol. The van der Waals surface area contributed by atoms with Crippen molar-refractivity contribution in [3.8, 4) is 0 Å². The number of piperidine rings is 1. The van der Waals surface area contributed by atoms with Gasteiger partial charge in [-0.1, -0.05) is 22.4 Å². The molecule has 2 heterocycles. The molecule has 1 saturated heterocycles. The smallest absolute Gasteiger partial charge is 0.247 e. The summed E-state index contributed by atoms with van der Waals surface area (Å²) in [5.74, 6) is 0. The molecule has 1 unspecified atom stereocenters. The number of hydrogen-bond acceptors (Lipinski definition) is 3. The van der Waals surface area contributed by atoms with E-state index < -0.39 is 10.0 Å². The second-order valence-electron chi connectivity index (χ2n) is 4.68. The molecule has 0 saturated carbocycles. The molecule has 1 aliphatic rings. The van der Waals surface area contributed by atoms with Gasteiger partial charge < -0.3 is 0 Å². The summed E-state index contributed by atoms with van der Waals surface area (Å²) in [6.07, 6.45) is 2.94. The Morgan fingerprint density at radius 2 is 2.17 bits per heavy atom. The number of H-pyrrole nitrogens is 1. The third-order valence-electron chi connectivity index (χ3n) is 3.38. The first kappa shape index (κ1) is 14.0. The van der Waals surface area contributed by atoms with Crippen LogP contribution in [0.4, 0.5) is 0 Å². The fraction of sp³-hybridized carbons (Fsp3) is 0.727. The summed E-state index contributed by atoms with van der Waals surface area (Å²) in [7, 11) is -3.43. The number of alkyl halides is 1. The molecule has 1 aromatic heterocycles. The van der Waals surface area contributed by atoms with Crippen molar-refractivity contribution in [3.05, 3.63) is 11.4 Å². The molecule has 7 heteroatoms. The number of aryl methyl sites for hydroxylation is 2. The van der Waals surface area contributed by atoms with Gasteiger partial charge in [-0.15, -0.1) is 0 Å². The lowest BCUT2D eigenvalue weighted by molar-refractivity contribution is 0.273. The highest BCUT2D eigenvalue weighted by atomic mass is 79.9. The molecule has 0 aromatic carbocycles. The first-order chi connectivity index (χ1) is 8.48. The van der Waals surface area contributed by atoms with Crippen LogP contribution in [0, 0.1) is 13.8 Å². The average molecular weight is 336 g/mol.